The molecule has 2 heterocycles. The van der Waals surface area contributed by atoms with E-state index in [1.165, 1.54) is 30.4 Å². The van der Waals surface area contributed by atoms with E-state index in [1.807, 2.05) is 36.4 Å². The molecule has 2 aromatic rings. The van der Waals surface area contributed by atoms with Gasteiger partial charge in [-0.25, -0.2) is 5.01 Å². The summed E-state index contributed by atoms with van der Waals surface area (Å²) in [4.78, 5) is 15.5. The van der Waals surface area contributed by atoms with Gasteiger partial charge in [-0.15, -0.1) is 0 Å². The summed E-state index contributed by atoms with van der Waals surface area (Å²) in [5.41, 5.74) is 4.30. The van der Waals surface area contributed by atoms with E-state index in [4.69, 9.17) is 9.84 Å². The number of hydrogen-bond donors (Lipinski definition) is 0. The number of ether oxygens (including phenoxy) is 1. The SMILES string of the molecule is COc1cccc(C2=NN(C(=O)CN3CCCCC3)[C@@H](c3ccccc3C)C2)c1. The van der Waals surface area contributed by atoms with E-state index in [-0.39, 0.29) is 11.9 Å². The summed E-state index contributed by atoms with van der Waals surface area (Å²) >= 11 is 0. The lowest BCUT2D eigenvalue weighted by Crippen LogP contribution is -2.40. The van der Waals surface area contributed by atoms with Crippen molar-refractivity contribution >= 4 is 11.6 Å². The largest absolute Gasteiger partial charge is 0.497 e. The van der Waals surface area contributed by atoms with Crippen molar-refractivity contribution in [3.8, 4) is 5.75 Å². The van der Waals surface area contributed by atoms with Gasteiger partial charge in [0.25, 0.3) is 5.91 Å². The van der Waals surface area contributed by atoms with Crippen molar-refractivity contribution < 1.29 is 9.53 Å². The van der Waals surface area contributed by atoms with Crippen molar-refractivity contribution in [2.45, 2.75) is 38.6 Å². The molecule has 152 valence electrons. The Bertz CT molecular complexity index is 903. The first kappa shape index (κ1) is 19.6. The second-order valence-electron chi connectivity index (χ2n) is 7.93. The number of aryl methyl sites for hydroxylation is 1. The molecular weight excluding hydrogens is 362 g/mol. The van der Waals surface area contributed by atoms with Crippen LogP contribution in [0.1, 0.15) is 48.4 Å². The molecule has 29 heavy (non-hydrogen) atoms. The molecule has 0 saturated carbocycles. The number of carbonyl (C=O) groups excluding carboxylic acids is 1. The van der Waals surface area contributed by atoms with Crippen LogP contribution in [0.3, 0.4) is 0 Å². The van der Waals surface area contributed by atoms with E-state index in [1.54, 1.807) is 12.1 Å². The lowest BCUT2D eigenvalue weighted by molar-refractivity contribution is -0.134. The highest BCUT2D eigenvalue weighted by molar-refractivity contribution is 6.03. The van der Waals surface area contributed by atoms with Crippen molar-refractivity contribution in [2.75, 3.05) is 26.7 Å². The van der Waals surface area contributed by atoms with Crippen LogP contribution < -0.4 is 4.74 Å². The summed E-state index contributed by atoms with van der Waals surface area (Å²) in [6, 6.07) is 16.2. The van der Waals surface area contributed by atoms with E-state index in [2.05, 4.69) is 24.0 Å². The minimum Gasteiger partial charge on any atom is -0.497 e. The van der Waals surface area contributed by atoms with Gasteiger partial charge >= 0.3 is 0 Å². The number of nitrogens with zero attached hydrogens (tertiary/aromatic N) is 3. The van der Waals surface area contributed by atoms with Gasteiger partial charge in [0.05, 0.1) is 25.4 Å². The van der Waals surface area contributed by atoms with Crippen molar-refractivity contribution in [3.05, 3.63) is 65.2 Å². The van der Waals surface area contributed by atoms with E-state index in [0.29, 0.717) is 13.0 Å². The highest BCUT2D eigenvalue weighted by Gasteiger charge is 2.34. The zero-order valence-electron chi connectivity index (χ0n) is 17.3. The molecule has 4 rings (SSSR count). The number of benzene rings is 2. The summed E-state index contributed by atoms with van der Waals surface area (Å²) in [5.74, 6) is 0.883. The molecular formula is C24H29N3O2. The average Bonchev–Trinajstić information content (AvgIpc) is 3.20. The highest BCUT2D eigenvalue weighted by Crippen LogP contribution is 2.35. The Morgan fingerprint density at radius 1 is 1.10 bits per heavy atom. The first-order valence-electron chi connectivity index (χ1n) is 10.5. The molecule has 1 atom stereocenters. The molecule has 2 aliphatic heterocycles. The van der Waals surface area contributed by atoms with Crippen LogP contribution in [0.2, 0.25) is 0 Å². The fourth-order valence-electron chi connectivity index (χ4n) is 4.30. The molecule has 1 amide bonds. The zero-order valence-corrected chi connectivity index (χ0v) is 17.3. The van der Waals surface area contributed by atoms with Crippen LogP contribution in [0.15, 0.2) is 53.6 Å². The molecule has 0 radical (unpaired) electrons. The fourth-order valence-corrected chi connectivity index (χ4v) is 4.30. The fraction of sp³-hybridized carbons (Fsp3) is 0.417. The number of likely N-dealkylation sites (tertiary alicyclic amines) is 1. The number of methoxy groups -OCH3 is 1. The van der Waals surface area contributed by atoms with Crippen LogP contribution in [0.5, 0.6) is 5.75 Å². The Morgan fingerprint density at radius 3 is 2.66 bits per heavy atom. The third kappa shape index (κ3) is 4.35. The maximum Gasteiger partial charge on any atom is 0.257 e. The lowest BCUT2D eigenvalue weighted by atomic mass is 9.95. The number of amides is 1. The molecule has 0 unspecified atom stereocenters. The van der Waals surface area contributed by atoms with E-state index in [0.717, 1.165) is 30.1 Å². The number of carbonyl (C=O) groups is 1. The van der Waals surface area contributed by atoms with Crippen molar-refractivity contribution in [1.82, 2.24) is 9.91 Å². The topological polar surface area (TPSA) is 45.1 Å². The molecule has 5 heteroatoms. The van der Waals surface area contributed by atoms with Gasteiger partial charge in [0.1, 0.15) is 5.75 Å². The van der Waals surface area contributed by atoms with Crippen LogP contribution >= 0.6 is 0 Å². The predicted octanol–water partition coefficient (Wildman–Crippen LogP) is 4.17. The van der Waals surface area contributed by atoms with Crippen LogP contribution in [0.25, 0.3) is 0 Å². The van der Waals surface area contributed by atoms with Gasteiger partial charge in [0, 0.05) is 12.0 Å². The van der Waals surface area contributed by atoms with Gasteiger partial charge in [-0.2, -0.15) is 5.10 Å². The van der Waals surface area contributed by atoms with E-state index < -0.39 is 0 Å². The molecule has 1 saturated heterocycles. The standard InChI is InChI=1S/C24H29N3O2/c1-18-9-4-5-12-21(18)23-16-22(19-10-8-11-20(15-19)29-2)25-27(23)24(28)17-26-13-6-3-7-14-26/h4-5,8-12,15,23H,3,6-7,13-14,16-17H2,1-2H3/t23-/m1/s1. The number of hydrazone groups is 1. The van der Waals surface area contributed by atoms with Crippen LogP contribution in [0, 0.1) is 6.92 Å². The molecule has 0 spiro atoms. The van der Waals surface area contributed by atoms with Crippen molar-refractivity contribution in [2.24, 2.45) is 5.10 Å². The van der Waals surface area contributed by atoms with Gasteiger partial charge in [-0.05, 0) is 56.1 Å². The van der Waals surface area contributed by atoms with Gasteiger partial charge in [-0.1, -0.05) is 42.8 Å². The average molecular weight is 392 g/mol. The summed E-state index contributed by atoms with van der Waals surface area (Å²) in [5, 5.41) is 6.54. The van der Waals surface area contributed by atoms with Crippen LogP contribution in [-0.2, 0) is 4.79 Å². The molecule has 1 fully saturated rings. The third-order valence-corrected chi connectivity index (χ3v) is 5.92. The second-order valence-corrected chi connectivity index (χ2v) is 7.93. The summed E-state index contributed by atoms with van der Waals surface area (Å²) in [6.45, 7) is 4.55. The Hall–Kier alpha value is -2.66. The third-order valence-electron chi connectivity index (χ3n) is 5.92. The van der Waals surface area contributed by atoms with E-state index in [9.17, 15) is 4.79 Å². The molecule has 0 bridgehead atoms. The van der Waals surface area contributed by atoms with Gasteiger partial charge in [-0.3, -0.25) is 9.69 Å². The predicted molar refractivity (Wildman–Crippen MR) is 115 cm³/mol. The lowest BCUT2D eigenvalue weighted by Gasteiger charge is -2.29. The van der Waals surface area contributed by atoms with Gasteiger partial charge in [0.15, 0.2) is 0 Å². The zero-order chi connectivity index (χ0) is 20.2. The molecule has 0 N–H and O–H groups in total. The first-order valence-corrected chi connectivity index (χ1v) is 10.5. The summed E-state index contributed by atoms with van der Waals surface area (Å²) in [7, 11) is 1.67. The summed E-state index contributed by atoms with van der Waals surface area (Å²) < 4.78 is 5.38. The van der Waals surface area contributed by atoms with Crippen molar-refractivity contribution in [1.29, 1.82) is 0 Å². The smallest absolute Gasteiger partial charge is 0.257 e. The van der Waals surface area contributed by atoms with Crippen LogP contribution in [0.4, 0.5) is 0 Å². The maximum absolute atomic E-state index is 13.3. The number of piperidine rings is 1. The monoisotopic (exact) mass is 391 g/mol. The maximum atomic E-state index is 13.3. The van der Waals surface area contributed by atoms with Gasteiger partial charge < -0.3 is 4.74 Å². The quantitative estimate of drug-likeness (QED) is 0.769. The van der Waals surface area contributed by atoms with Gasteiger partial charge in [0.2, 0.25) is 0 Å². The van der Waals surface area contributed by atoms with E-state index >= 15 is 0 Å². The normalized spacial score (nSPS) is 19.9. The highest BCUT2D eigenvalue weighted by atomic mass is 16.5. The Balaban J connectivity index is 1.63. The van der Waals surface area contributed by atoms with Crippen molar-refractivity contribution in [3.63, 3.8) is 0 Å². The Labute approximate surface area is 173 Å². The number of hydrogen-bond acceptors (Lipinski definition) is 4. The minimum atomic E-state index is -0.0605. The number of rotatable bonds is 5. The Kier molecular flexibility index (Phi) is 5.95. The molecule has 0 aromatic heterocycles. The van der Waals surface area contributed by atoms with Crippen LogP contribution in [-0.4, -0.2) is 48.3 Å². The first-order chi connectivity index (χ1) is 14.2. The molecule has 2 aliphatic rings. The summed E-state index contributed by atoms with van der Waals surface area (Å²) in [6.07, 6.45) is 4.32. The second kappa shape index (κ2) is 8.78. The molecule has 2 aromatic carbocycles. The molecule has 0 aliphatic carbocycles. The molecule has 5 nitrogen and oxygen atoms in total. The minimum absolute atomic E-state index is 0.0605. The Morgan fingerprint density at radius 2 is 1.90 bits per heavy atom.